The number of aliphatic hydroxyl groups is 1. The fourth-order valence-corrected chi connectivity index (χ4v) is 10.9. The maximum Gasteiger partial charge on any atom is 0.141 e. The van der Waals surface area contributed by atoms with E-state index in [-0.39, 0.29) is 0 Å². The second-order valence-electron chi connectivity index (χ2n) is 15.6. The molecule has 0 radical (unpaired) electrons. The van der Waals surface area contributed by atoms with E-state index in [2.05, 4.69) is 170 Å². The molecule has 9 aromatic carbocycles. The third-order valence-electron chi connectivity index (χ3n) is 13.0. The molecule has 1 heteroatoms. The van der Waals surface area contributed by atoms with Crippen LogP contribution in [0.5, 0.6) is 0 Å². The van der Waals surface area contributed by atoms with Crippen molar-refractivity contribution in [2.24, 2.45) is 0 Å². The van der Waals surface area contributed by atoms with Crippen LogP contribution in [0.4, 0.5) is 0 Å². The Bertz CT molecular complexity index is 2690. The van der Waals surface area contributed by atoms with Gasteiger partial charge in [0.1, 0.15) is 5.60 Å². The lowest BCUT2D eigenvalue weighted by molar-refractivity contribution is 0.131. The fourth-order valence-electron chi connectivity index (χ4n) is 10.9. The highest BCUT2D eigenvalue weighted by atomic mass is 16.3. The molecule has 9 aromatic rings. The lowest BCUT2D eigenvalue weighted by Gasteiger charge is -2.50. The molecular formula is C57H40O. The van der Waals surface area contributed by atoms with E-state index in [1.54, 1.807) is 0 Å². The van der Waals surface area contributed by atoms with Gasteiger partial charge in [0.2, 0.25) is 0 Å². The first kappa shape index (κ1) is 34.2. The topological polar surface area (TPSA) is 20.2 Å². The van der Waals surface area contributed by atoms with E-state index in [0.717, 1.165) is 27.8 Å². The molecule has 0 spiro atoms. The zero-order valence-electron chi connectivity index (χ0n) is 32.0. The smallest absolute Gasteiger partial charge is 0.141 e. The summed E-state index contributed by atoms with van der Waals surface area (Å²) in [5, 5.41) is 11.5. The maximum atomic E-state index is 11.5. The monoisotopic (exact) mass is 740 g/mol. The van der Waals surface area contributed by atoms with Gasteiger partial charge in [0, 0.05) is 11.1 Å². The van der Waals surface area contributed by atoms with Crippen LogP contribution in [-0.2, 0) is 16.4 Å². The Morgan fingerprint density at radius 2 is 0.414 bits per heavy atom. The highest BCUT2D eigenvalue weighted by molar-refractivity contribution is 5.93. The van der Waals surface area contributed by atoms with Crippen LogP contribution in [-0.4, -0.2) is 5.11 Å². The molecule has 0 bridgehead atoms. The highest BCUT2D eigenvalue weighted by Gasteiger charge is 2.64. The highest BCUT2D eigenvalue weighted by Crippen LogP contribution is 2.69. The molecule has 1 N–H and O–H groups in total. The minimum absolute atomic E-state index is 0.481. The summed E-state index contributed by atoms with van der Waals surface area (Å²) >= 11 is 0. The molecule has 0 aliphatic heterocycles. The van der Waals surface area contributed by atoms with Crippen LogP contribution >= 0.6 is 0 Å². The van der Waals surface area contributed by atoms with E-state index < -0.39 is 16.4 Å². The number of fused-ring (bicyclic) bond motifs is 9. The molecule has 0 heterocycles. The van der Waals surface area contributed by atoms with E-state index >= 15 is 0 Å². The molecule has 3 aliphatic carbocycles. The lowest BCUT2D eigenvalue weighted by atomic mass is 9.49. The molecule has 12 rings (SSSR count). The first-order valence-electron chi connectivity index (χ1n) is 20.2. The summed E-state index contributed by atoms with van der Waals surface area (Å²) in [5.41, 5.74) is 16.4. The van der Waals surface area contributed by atoms with Gasteiger partial charge in [-0.2, -0.15) is 0 Å². The third kappa shape index (κ3) is 4.51. The normalized spacial score (nSPS) is 15.1. The van der Waals surface area contributed by atoms with Crippen molar-refractivity contribution in [2.75, 3.05) is 0 Å². The Morgan fingerprint density at radius 3 is 0.707 bits per heavy atom. The number of benzene rings is 9. The Morgan fingerprint density at radius 1 is 0.207 bits per heavy atom. The van der Waals surface area contributed by atoms with Gasteiger partial charge in [-0.1, -0.05) is 237 Å². The quantitative estimate of drug-likeness (QED) is 0.190. The van der Waals surface area contributed by atoms with Crippen LogP contribution in [0.25, 0.3) is 33.4 Å². The largest absolute Gasteiger partial charge is 0.376 e. The second-order valence-corrected chi connectivity index (χ2v) is 15.6. The molecule has 0 unspecified atom stereocenters. The second kappa shape index (κ2) is 13.3. The van der Waals surface area contributed by atoms with Gasteiger partial charge in [0.15, 0.2) is 0 Å². The SMILES string of the molecule is OC1(c2ccccc2)c2ccccc2-c2ccccc21.c1ccc(C2(C3(c4ccccc4)c4ccccc4-c4ccccc43)c3ccccc3-c3ccccc32)cc1. The summed E-state index contributed by atoms with van der Waals surface area (Å²) in [5.74, 6) is 0. The van der Waals surface area contributed by atoms with Crippen LogP contribution in [0.2, 0.25) is 0 Å². The lowest BCUT2D eigenvalue weighted by Crippen LogP contribution is -2.50. The van der Waals surface area contributed by atoms with Gasteiger partial charge in [-0.15, -0.1) is 0 Å². The van der Waals surface area contributed by atoms with E-state index in [0.29, 0.717) is 0 Å². The first-order valence-corrected chi connectivity index (χ1v) is 20.2. The van der Waals surface area contributed by atoms with E-state index in [4.69, 9.17) is 0 Å². The van der Waals surface area contributed by atoms with Gasteiger partial charge in [0.05, 0.1) is 10.8 Å². The summed E-state index contributed by atoms with van der Waals surface area (Å²) in [6, 6.07) is 84.8. The molecule has 0 atom stereocenters. The van der Waals surface area contributed by atoms with Crippen molar-refractivity contribution in [3.8, 4) is 33.4 Å². The molecule has 0 aromatic heterocycles. The maximum absolute atomic E-state index is 11.5. The van der Waals surface area contributed by atoms with Crippen LogP contribution in [0.1, 0.15) is 50.1 Å². The van der Waals surface area contributed by atoms with Crippen molar-refractivity contribution in [2.45, 2.75) is 16.4 Å². The molecule has 0 saturated carbocycles. The van der Waals surface area contributed by atoms with Gasteiger partial charge in [0.25, 0.3) is 0 Å². The molecule has 0 fully saturated rings. The van der Waals surface area contributed by atoms with E-state index in [1.807, 2.05) is 66.7 Å². The number of rotatable bonds is 4. The van der Waals surface area contributed by atoms with Crippen LogP contribution in [0, 0.1) is 0 Å². The first-order chi connectivity index (χ1) is 28.7. The average molecular weight is 741 g/mol. The molecule has 58 heavy (non-hydrogen) atoms. The fraction of sp³-hybridized carbons (Fsp3) is 0.0526. The Hall–Kier alpha value is -7.06. The van der Waals surface area contributed by atoms with Crippen molar-refractivity contribution >= 4 is 0 Å². The third-order valence-corrected chi connectivity index (χ3v) is 13.0. The Kier molecular flexibility index (Phi) is 7.83. The zero-order valence-corrected chi connectivity index (χ0v) is 32.0. The summed E-state index contributed by atoms with van der Waals surface area (Å²) in [6.45, 7) is 0. The van der Waals surface area contributed by atoms with Crippen molar-refractivity contribution in [3.63, 3.8) is 0 Å². The van der Waals surface area contributed by atoms with Crippen molar-refractivity contribution in [1.82, 2.24) is 0 Å². The van der Waals surface area contributed by atoms with Crippen molar-refractivity contribution in [1.29, 1.82) is 0 Å². The average Bonchev–Trinajstić information content (AvgIpc) is 3.89. The molecule has 274 valence electrons. The summed E-state index contributed by atoms with van der Waals surface area (Å²) < 4.78 is 0. The van der Waals surface area contributed by atoms with E-state index in [9.17, 15) is 5.11 Å². The Balaban J connectivity index is 0.000000162. The minimum atomic E-state index is -1.05. The van der Waals surface area contributed by atoms with Gasteiger partial charge in [-0.05, 0) is 72.3 Å². The van der Waals surface area contributed by atoms with Gasteiger partial charge in [-0.25, -0.2) is 0 Å². The zero-order chi connectivity index (χ0) is 38.7. The molecule has 0 saturated heterocycles. The van der Waals surface area contributed by atoms with Gasteiger partial charge in [-0.3, -0.25) is 0 Å². The van der Waals surface area contributed by atoms with Gasteiger partial charge >= 0.3 is 0 Å². The van der Waals surface area contributed by atoms with Crippen LogP contribution in [0.3, 0.4) is 0 Å². The molecule has 3 aliphatic rings. The van der Waals surface area contributed by atoms with Crippen molar-refractivity contribution in [3.05, 3.63) is 287 Å². The molecule has 1 nitrogen and oxygen atoms in total. The van der Waals surface area contributed by atoms with Crippen molar-refractivity contribution < 1.29 is 5.11 Å². The standard InChI is InChI=1S/C38H26.C19H14O/c1-3-15-27(16-4-1)37(33-23-11-7-19-29(33)30-20-8-12-24-34(30)37)38(28-17-5-2-6-18-28)35-25-13-9-21-31(35)32-22-10-14-26-36(32)38;20-19(14-8-2-1-3-9-14)17-12-6-4-10-15(17)16-11-5-7-13-18(16)19/h1-26H;1-13,20H. The number of hydrogen-bond acceptors (Lipinski definition) is 1. The van der Waals surface area contributed by atoms with Crippen LogP contribution < -0.4 is 0 Å². The minimum Gasteiger partial charge on any atom is -0.376 e. The Labute approximate surface area is 340 Å². The van der Waals surface area contributed by atoms with Crippen LogP contribution in [0.15, 0.2) is 237 Å². The molecule has 0 amide bonds. The summed E-state index contributed by atoms with van der Waals surface area (Å²) in [4.78, 5) is 0. The predicted octanol–water partition coefficient (Wildman–Crippen LogP) is 13.0. The summed E-state index contributed by atoms with van der Waals surface area (Å²) in [7, 11) is 0. The molecular weight excluding hydrogens is 701 g/mol. The van der Waals surface area contributed by atoms with E-state index in [1.165, 1.54) is 55.6 Å². The number of hydrogen-bond donors (Lipinski definition) is 1. The van der Waals surface area contributed by atoms with Gasteiger partial charge < -0.3 is 5.11 Å². The summed E-state index contributed by atoms with van der Waals surface area (Å²) in [6.07, 6.45) is 0. The predicted molar refractivity (Wildman–Crippen MR) is 237 cm³/mol.